The summed E-state index contributed by atoms with van der Waals surface area (Å²) in [7, 11) is 1.76. The highest BCUT2D eigenvalue weighted by atomic mass is 32.2. The van der Waals surface area contributed by atoms with Crippen LogP contribution in [0.3, 0.4) is 0 Å². The first kappa shape index (κ1) is 27.4. The van der Waals surface area contributed by atoms with E-state index in [-0.39, 0.29) is 17.4 Å². The quantitative estimate of drug-likeness (QED) is 0.180. The van der Waals surface area contributed by atoms with Crippen molar-refractivity contribution in [1.29, 1.82) is 0 Å². The molecular weight excluding hydrogens is 567 g/mol. The number of hydrogen-bond donors (Lipinski definition) is 0. The zero-order chi connectivity index (χ0) is 29.6. The van der Waals surface area contributed by atoms with Crippen LogP contribution >= 0.6 is 11.8 Å². The molecule has 3 aromatic carbocycles. The molecule has 1 aliphatic rings. The van der Waals surface area contributed by atoms with Crippen LogP contribution in [0.2, 0.25) is 0 Å². The first-order chi connectivity index (χ1) is 20.1. The summed E-state index contributed by atoms with van der Waals surface area (Å²) < 4.78 is 43.3. The number of rotatable bonds is 5. The molecular formula is C29H22F3N7O2S. The Hall–Kier alpha value is -4.78. The van der Waals surface area contributed by atoms with Gasteiger partial charge >= 0.3 is 6.36 Å². The lowest BCUT2D eigenvalue weighted by Crippen LogP contribution is -2.30. The molecule has 9 nitrogen and oxygen atoms in total. The number of para-hydroxylation sites is 1. The van der Waals surface area contributed by atoms with E-state index in [0.29, 0.717) is 33.0 Å². The Kier molecular flexibility index (Phi) is 6.89. The lowest BCUT2D eigenvalue weighted by atomic mass is 10.1. The number of anilines is 1. The van der Waals surface area contributed by atoms with Crippen LogP contribution in [0.5, 0.6) is 5.75 Å². The van der Waals surface area contributed by atoms with E-state index in [1.807, 2.05) is 44.2 Å². The van der Waals surface area contributed by atoms with E-state index in [1.165, 1.54) is 30.1 Å². The minimum absolute atomic E-state index is 0.0577. The van der Waals surface area contributed by atoms with E-state index in [0.717, 1.165) is 27.9 Å². The van der Waals surface area contributed by atoms with Crippen LogP contribution in [0.1, 0.15) is 17.0 Å². The molecule has 0 aliphatic carbocycles. The van der Waals surface area contributed by atoms with Gasteiger partial charge in [0.2, 0.25) is 5.91 Å². The first-order valence-corrected chi connectivity index (χ1v) is 13.7. The smallest absolute Gasteiger partial charge is 0.406 e. The zero-order valence-electron chi connectivity index (χ0n) is 22.5. The topological polar surface area (TPSA) is 97.9 Å². The Labute approximate surface area is 241 Å². The van der Waals surface area contributed by atoms with Gasteiger partial charge in [-0.05, 0) is 61.4 Å². The van der Waals surface area contributed by atoms with Gasteiger partial charge in [0, 0.05) is 29.6 Å². The molecule has 42 heavy (non-hydrogen) atoms. The second-order valence-corrected chi connectivity index (χ2v) is 10.5. The summed E-state index contributed by atoms with van der Waals surface area (Å²) in [5.41, 5.74) is 5.43. The molecule has 1 fully saturated rings. The Balaban J connectivity index is 1.28. The highest BCUT2D eigenvalue weighted by molar-refractivity contribution is 8.15. The number of ether oxygens (including phenoxy) is 1. The molecule has 1 aliphatic heterocycles. The number of hydrogen-bond acceptors (Lipinski definition) is 8. The molecule has 0 atom stereocenters. The molecule has 3 heterocycles. The van der Waals surface area contributed by atoms with Crippen molar-refractivity contribution in [3.8, 4) is 17.0 Å². The van der Waals surface area contributed by atoms with Crippen molar-refractivity contribution in [3.05, 3.63) is 77.7 Å². The summed E-state index contributed by atoms with van der Waals surface area (Å²) in [6.45, 7) is 3.90. The molecule has 1 saturated heterocycles. The number of alkyl halides is 3. The summed E-state index contributed by atoms with van der Waals surface area (Å²) in [5, 5.41) is 15.1. The maximum atomic E-state index is 12.7. The normalized spacial score (nSPS) is 15.1. The number of benzene rings is 3. The average Bonchev–Trinajstić information content (AvgIpc) is 3.47. The van der Waals surface area contributed by atoms with Gasteiger partial charge in [0.1, 0.15) is 11.3 Å². The predicted octanol–water partition coefficient (Wildman–Crippen LogP) is 6.17. The molecule has 1 amide bonds. The standard InChI is InChI=1S/C29H22F3N7O2S/c1-16-5-4-6-17(2)26(16)39-24(40)15-42-28(39)36-34-14-23-33-13-21-22(35-23)12-11-20-25(21)37-38(3)27(20)18-7-9-19(10-8-18)41-29(30,31)32/h4-14H,15H2,1-3H3/b34-14+,36-28-. The first-order valence-electron chi connectivity index (χ1n) is 12.7. The molecule has 0 bridgehead atoms. The third kappa shape index (κ3) is 5.18. The Morgan fingerprint density at radius 3 is 2.48 bits per heavy atom. The van der Waals surface area contributed by atoms with Crippen molar-refractivity contribution >= 4 is 56.5 Å². The Bertz CT molecular complexity index is 1900. The van der Waals surface area contributed by atoms with Gasteiger partial charge in [-0.3, -0.25) is 14.4 Å². The van der Waals surface area contributed by atoms with E-state index in [9.17, 15) is 18.0 Å². The second-order valence-electron chi connectivity index (χ2n) is 9.55. The van der Waals surface area contributed by atoms with Crippen molar-refractivity contribution in [3.63, 3.8) is 0 Å². The van der Waals surface area contributed by atoms with Crippen LogP contribution in [0.25, 0.3) is 33.1 Å². The van der Waals surface area contributed by atoms with Crippen molar-refractivity contribution in [2.45, 2.75) is 20.2 Å². The third-order valence-corrected chi connectivity index (χ3v) is 7.60. The molecule has 2 aromatic heterocycles. The van der Waals surface area contributed by atoms with Gasteiger partial charge in [-0.2, -0.15) is 10.2 Å². The monoisotopic (exact) mass is 589 g/mol. The molecule has 212 valence electrons. The van der Waals surface area contributed by atoms with Gasteiger partial charge in [-0.25, -0.2) is 9.97 Å². The van der Waals surface area contributed by atoms with Gasteiger partial charge in [-0.15, -0.1) is 18.3 Å². The SMILES string of the molecule is Cc1cccc(C)c1N1C(=O)CS/C1=N\N=C\c1ncc2c(ccc3c(-c4ccc(OC(F)(F)F)cc4)n(C)nc32)n1. The van der Waals surface area contributed by atoms with Crippen LogP contribution in [-0.4, -0.2) is 49.2 Å². The van der Waals surface area contributed by atoms with Crippen molar-refractivity contribution in [2.24, 2.45) is 17.3 Å². The van der Waals surface area contributed by atoms with E-state index >= 15 is 0 Å². The minimum atomic E-state index is -4.76. The van der Waals surface area contributed by atoms with Crippen LogP contribution in [0.15, 0.2) is 71.0 Å². The van der Waals surface area contributed by atoms with E-state index in [1.54, 1.807) is 35.0 Å². The lowest BCUT2D eigenvalue weighted by Gasteiger charge is -2.20. The number of thioether (sulfide) groups is 1. The van der Waals surface area contributed by atoms with Gasteiger partial charge in [0.05, 0.1) is 28.9 Å². The Morgan fingerprint density at radius 1 is 1.02 bits per heavy atom. The molecule has 0 saturated carbocycles. The molecule has 13 heteroatoms. The fourth-order valence-electron chi connectivity index (χ4n) is 4.94. The summed E-state index contributed by atoms with van der Waals surface area (Å²) in [6, 6.07) is 15.2. The van der Waals surface area contributed by atoms with Crippen LogP contribution in [0.4, 0.5) is 18.9 Å². The summed E-state index contributed by atoms with van der Waals surface area (Å²) in [6.07, 6.45) is -1.68. The van der Waals surface area contributed by atoms with E-state index in [2.05, 4.69) is 30.0 Å². The predicted molar refractivity (Wildman–Crippen MR) is 157 cm³/mol. The molecule has 0 radical (unpaired) electrons. The number of nitrogens with zero attached hydrogens (tertiary/aromatic N) is 7. The fourth-order valence-corrected chi connectivity index (χ4v) is 5.75. The number of amides is 1. The molecule has 0 N–H and O–H groups in total. The second kappa shape index (κ2) is 10.6. The van der Waals surface area contributed by atoms with Gasteiger partial charge < -0.3 is 4.74 Å². The van der Waals surface area contributed by atoms with Gasteiger partial charge in [-0.1, -0.05) is 30.0 Å². The van der Waals surface area contributed by atoms with Crippen molar-refractivity contribution in [2.75, 3.05) is 10.7 Å². The van der Waals surface area contributed by atoms with Crippen LogP contribution < -0.4 is 9.64 Å². The van der Waals surface area contributed by atoms with Crippen LogP contribution in [-0.2, 0) is 11.8 Å². The molecule has 0 unspecified atom stereocenters. The van der Waals surface area contributed by atoms with Crippen molar-refractivity contribution < 1.29 is 22.7 Å². The fraction of sp³-hybridized carbons (Fsp3) is 0.172. The Morgan fingerprint density at radius 2 is 1.76 bits per heavy atom. The highest BCUT2D eigenvalue weighted by Gasteiger charge is 2.32. The van der Waals surface area contributed by atoms with Gasteiger partial charge in [0.25, 0.3) is 0 Å². The maximum absolute atomic E-state index is 12.7. The third-order valence-electron chi connectivity index (χ3n) is 6.69. The summed E-state index contributed by atoms with van der Waals surface area (Å²) >= 11 is 1.32. The number of aryl methyl sites for hydroxylation is 3. The lowest BCUT2D eigenvalue weighted by molar-refractivity contribution is -0.274. The van der Waals surface area contributed by atoms with Crippen molar-refractivity contribution in [1.82, 2.24) is 19.7 Å². The highest BCUT2D eigenvalue weighted by Crippen LogP contribution is 2.34. The number of carbonyl (C=O) groups is 1. The molecule has 5 aromatic rings. The summed E-state index contributed by atoms with van der Waals surface area (Å²) in [5.74, 6) is 0.252. The number of carbonyl (C=O) groups excluding carboxylic acids is 1. The zero-order valence-corrected chi connectivity index (χ0v) is 23.4. The minimum Gasteiger partial charge on any atom is -0.406 e. The number of halogens is 3. The van der Waals surface area contributed by atoms with E-state index < -0.39 is 6.36 Å². The largest absolute Gasteiger partial charge is 0.573 e. The maximum Gasteiger partial charge on any atom is 0.573 e. The number of amidine groups is 1. The van der Waals surface area contributed by atoms with E-state index in [4.69, 9.17) is 0 Å². The molecule has 0 spiro atoms. The number of fused-ring (bicyclic) bond motifs is 3. The number of aromatic nitrogens is 4. The summed E-state index contributed by atoms with van der Waals surface area (Å²) in [4.78, 5) is 23.2. The molecule has 6 rings (SSSR count). The average molecular weight is 590 g/mol. The van der Waals surface area contributed by atoms with Crippen LogP contribution in [0, 0.1) is 13.8 Å². The van der Waals surface area contributed by atoms with Gasteiger partial charge in [0.15, 0.2) is 11.0 Å².